The Hall–Kier alpha value is -1.18. The summed E-state index contributed by atoms with van der Waals surface area (Å²) in [5.74, 6) is -0.568. The van der Waals surface area contributed by atoms with Gasteiger partial charge in [0.2, 0.25) is 10.0 Å². The molecule has 0 aromatic heterocycles. The predicted octanol–water partition coefficient (Wildman–Crippen LogP) is 1.40. The summed E-state index contributed by atoms with van der Waals surface area (Å²) in [4.78, 5) is -0.0183. The number of nitrogens with one attached hydrogen (secondary N) is 1. The lowest BCUT2D eigenvalue weighted by Crippen LogP contribution is -2.30. The SMILES string of the molecule is CCC(CCO)CNS(=O)(=O)c1cc(N)c(F)cc1C. The third-order valence-electron chi connectivity index (χ3n) is 3.26. The van der Waals surface area contributed by atoms with Crippen molar-refractivity contribution in [2.75, 3.05) is 18.9 Å². The molecule has 0 fully saturated rings. The number of sulfonamides is 1. The maximum Gasteiger partial charge on any atom is 0.240 e. The van der Waals surface area contributed by atoms with Gasteiger partial charge in [0.05, 0.1) is 10.6 Å². The molecule has 0 amide bonds. The van der Waals surface area contributed by atoms with Crippen LogP contribution in [0, 0.1) is 18.7 Å². The van der Waals surface area contributed by atoms with E-state index in [9.17, 15) is 12.8 Å². The molecule has 1 aromatic rings. The Balaban J connectivity index is 2.92. The normalized spacial score (nSPS) is 13.4. The highest BCUT2D eigenvalue weighted by molar-refractivity contribution is 7.89. The van der Waals surface area contributed by atoms with Gasteiger partial charge in [0.1, 0.15) is 5.82 Å². The first-order chi connectivity index (χ1) is 9.31. The van der Waals surface area contributed by atoms with E-state index in [2.05, 4.69) is 4.72 Å². The highest BCUT2D eigenvalue weighted by Crippen LogP contribution is 2.21. The number of nitrogen functional groups attached to an aromatic ring is 1. The van der Waals surface area contributed by atoms with Gasteiger partial charge in [0, 0.05) is 13.2 Å². The van der Waals surface area contributed by atoms with Crippen LogP contribution in [0.25, 0.3) is 0 Å². The van der Waals surface area contributed by atoms with E-state index >= 15 is 0 Å². The van der Waals surface area contributed by atoms with Crippen molar-refractivity contribution >= 4 is 15.7 Å². The Labute approximate surface area is 119 Å². The van der Waals surface area contributed by atoms with Gasteiger partial charge in [-0.2, -0.15) is 0 Å². The molecule has 1 rings (SSSR count). The number of benzene rings is 1. The minimum atomic E-state index is -3.73. The Kier molecular flexibility index (Phi) is 5.91. The van der Waals surface area contributed by atoms with Crippen LogP contribution in [0.1, 0.15) is 25.3 Å². The lowest BCUT2D eigenvalue weighted by atomic mass is 10.0. The van der Waals surface area contributed by atoms with E-state index in [-0.39, 0.29) is 29.7 Å². The number of rotatable bonds is 7. The van der Waals surface area contributed by atoms with Crippen molar-refractivity contribution in [1.82, 2.24) is 4.72 Å². The van der Waals surface area contributed by atoms with Gasteiger partial charge in [-0.25, -0.2) is 17.5 Å². The number of aryl methyl sites for hydroxylation is 1. The highest BCUT2D eigenvalue weighted by atomic mass is 32.2. The standard InChI is InChI=1S/C13H21FN2O3S/c1-3-10(4-5-17)8-16-20(18,19)13-7-12(15)11(14)6-9(13)2/h6-7,10,16-17H,3-5,8,15H2,1-2H3. The number of nitrogens with two attached hydrogens (primary N) is 1. The van der Waals surface area contributed by atoms with Crippen LogP contribution in [0.4, 0.5) is 10.1 Å². The monoisotopic (exact) mass is 304 g/mol. The molecule has 5 nitrogen and oxygen atoms in total. The molecule has 0 heterocycles. The second kappa shape index (κ2) is 7.01. The summed E-state index contributed by atoms with van der Waals surface area (Å²) >= 11 is 0. The summed E-state index contributed by atoms with van der Waals surface area (Å²) in [6.07, 6.45) is 1.29. The largest absolute Gasteiger partial charge is 0.396 e. The van der Waals surface area contributed by atoms with Crippen LogP contribution in [-0.4, -0.2) is 26.7 Å². The fraction of sp³-hybridized carbons (Fsp3) is 0.538. The molecule has 0 aliphatic rings. The molecule has 1 unspecified atom stereocenters. The van der Waals surface area contributed by atoms with E-state index in [1.807, 2.05) is 6.92 Å². The van der Waals surface area contributed by atoms with E-state index < -0.39 is 15.8 Å². The van der Waals surface area contributed by atoms with E-state index in [1.54, 1.807) is 0 Å². The molecule has 4 N–H and O–H groups in total. The third-order valence-corrected chi connectivity index (χ3v) is 4.83. The maximum absolute atomic E-state index is 13.2. The fourth-order valence-electron chi connectivity index (χ4n) is 1.90. The Morgan fingerprint density at radius 1 is 1.45 bits per heavy atom. The summed E-state index contributed by atoms with van der Waals surface area (Å²) in [5.41, 5.74) is 5.52. The van der Waals surface area contributed by atoms with Crippen molar-refractivity contribution in [3.8, 4) is 0 Å². The second-order valence-electron chi connectivity index (χ2n) is 4.78. The van der Waals surface area contributed by atoms with Crippen LogP contribution < -0.4 is 10.5 Å². The lowest BCUT2D eigenvalue weighted by Gasteiger charge is -2.16. The zero-order valence-corrected chi connectivity index (χ0v) is 12.5. The molecule has 1 aromatic carbocycles. The minimum absolute atomic E-state index is 0.0166. The first kappa shape index (κ1) is 16.9. The summed E-state index contributed by atoms with van der Waals surface area (Å²) < 4.78 is 40.1. The first-order valence-corrected chi connectivity index (χ1v) is 7.96. The van der Waals surface area contributed by atoms with Gasteiger partial charge in [-0.3, -0.25) is 0 Å². The number of hydrogen-bond donors (Lipinski definition) is 3. The van der Waals surface area contributed by atoms with Crippen molar-refractivity contribution in [1.29, 1.82) is 0 Å². The minimum Gasteiger partial charge on any atom is -0.396 e. The van der Waals surface area contributed by atoms with Gasteiger partial charge in [-0.15, -0.1) is 0 Å². The van der Waals surface area contributed by atoms with Gasteiger partial charge in [0.25, 0.3) is 0 Å². The smallest absolute Gasteiger partial charge is 0.240 e. The first-order valence-electron chi connectivity index (χ1n) is 6.48. The van der Waals surface area contributed by atoms with Gasteiger partial charge in [0.15, 0.2) is 0 Å². The van der Waals surface area contributed by atoms with Crippen LogP contribution >= 0.6 is 0 Å². The van der Waals surface area contributed by atoms with Gasteiger partial charge < -0.3 is 10.8 Å². The molecule has 20 heavy (non-hydrogen) atoms. The highest BCUT2D eigenvalue weighted by Gasteiger charge is 2.20. The van der Waals surface area contributed by atoms with E-state index in [4.69, 9.17) is 10.8 Å². The molecule has 0 aliphatic carbocycles. The number of hydrogen-bond acceptors (Lipinski definition) is 4. The van der Waals surface area contributed by atoms with Crippen LogP contribution in [0.5, 0.6) is 0 Å². The molecule has 0 spiro atoms. The van der Waals surface area contributed by atoms with Crippen molar-refractivity contribution in [2.45, 2.75) is 31.6 Å². The summed E-state index contributed by atoms with van der Waals surface area (Å²) in [7, 11) is -3.73. The molecular formula is C13H21FN2O3S. The topological polar surface area (TPSA) is 92.4 Å². The molecule has 0 aliphatic heterocycles. The average molecular weight is 304 g/mol. The zero-order chi connectivity index (χ0) is 15.3. The van der Waals surface area contributed by atoms with Crippen LogP contribution in [0.15, 0.2) is 17.0 Å². The second-order valence-corrected chi connectivity index (χ2v) is 6.51. The van der Waals surface area contributed by atoms with Crippen LogP contribution in [0.3, 0.4) is 0 Å². The quantitative estimate of drug-likeness (QED) is 0.664. The van der Waals surface area contributed by atoms with Crippen molar-refractivity contribution < 1.29 is 17.9 Å². The van der Waals surface area contributed by atoms with E-state index in [0.29, 0.717) is 12.0 Å². The lowest BCUT2D eigenvalue weighted by molar-refractivity contribution is 0.254. The zero-order valence-electron chi connectivity index (χ0n) is 11.7. The van der Waals surface area contributed by atoms with Gasteiger partial charge in [-0.05, 0) is 37.0 Å². The molecule has 0 radical (unpaired) electrons. The van der Waals surface area contributed by atoms with Crippen molar-refractivity contribution in [3.05, 3.63) is 23.5 Å². The van der Waals surface area contributed by atoms with E-state index in [1.165, 1.54) is 6.92 Å². The molecule has 0 saturated carbocycles. The fourth-order valence-corrected chi connectivity index (χ4v) is 3.27. The maximum atomic E-state index is 13.2. The summed E-state index contributed by atoms with van der Waals surface area (Å²) in [6.45, 7) is 3.69. The Morgan fingerprint density at radius 3 is 2.65 bits per heavy atom. The summed E-state index contributed by atoms with van der Waals surface area (Å²) in [6, 6.07) is 2.23. The van der Waals surface area contributed by atoms with Crippen molar-refractivity contribution in [3.63, 3.8) is 0 Å². The van der Waals surface area contributed by atoms with Crippen LogP contribution in [-0.2, 0) is 10.0 Å². The predicted molar refractivity (Wildman–Crippen MR) is 76.2 cm³/mol. The molecule has 1 atom stereocenters. The molecule has 114 valence electrons. The van der Waals surface area contributed by atoms with Crippen molar-refractivity contribution in [2.24, 2.45) is 5.92 Å². The van der Waals surface area contributed by atoms with Crippen LogP contribution in [0.2, 0.25) is 0 Å². The number of aliphatic hydroxyl groups is 1. The molecular weight excluding hydrogens is 283 g/mol. The van der Waals surface area contributed by atoms with Gasteiger partial charge >= 0.3 is 0 Å². The Bertz CT molecular complexity index is 561. The van der Waals surface area contributed by atoms with Gasteiger partial charge in [-0.1, -0.05) is 13.3 Å². The third kappa shape index (κ3) is 4.16. The summed E-state index contributed by atoms with van der Waals surface area (Å²) in [5, 5.41) is 8.89. The van der Waals surface area contributed by atoms with E-state index in [0.717, 1.165) is 18.6 Å². The number of aliphatic hydroxyl groups excluding tert-OH is 1. The number of anilines is 1. The Morgan fingerprint density at radius 2 is 2.10 bits per heavy atom. The molecule has 0 saturated heterocycles. The number of halogens is 1. The average Bonchev–Trinajstić information content (AvgIpc) is 2.38. The molecule has 7 heteroatoms. The molecule has 0 bridgehead atoms.